The standard InChI is InChI=1S/C50H38N6/c1-3-10-33(11-4-1)37-24-39(31-51-29-37)35-18-20-45-43(26-35)49-47(16-8-22-53-49)55(45)41-14-7-15-42(28-41)56-46-21-19-36(27-44(46)50-48(56)17-9-23-54-50)40-25-38(30-52-32-40)34-12-5-2-6-13-34/h1-6,8-14,16-29,31-32,43,45,52H,7,15,30H2. The Morgan fingerprint density at radius 3 is 2.39 bits per heavy atom. The zero-order chi connectivity index (χ0) is 37.0. The number of dihydropyridines is 1. The lowest BCUT2D eigenvalue weighted by Crippen LogP contribution is -2.32. The van der Waals surface area contributed by atoms with Crippen LogP contribution in [0.4, 0.5) is 5.69 Å². The summed E-state index contributed by atoms with van der Waals surface area (Å²) < 4.78 is 2.44. The molecule has 6 nitrogen and oxygen atoms in total. The first-order chi connectivity index (χ1) is 27.8. The Labute approximate surface area is 325 Å². The van der Waals surface area contributed by atoms with Crippen molar-refractivity contribution >= 4 is 50.0 Å². The zero-order valence-corrected chi connectivity index (χ0v) is 30.8. The predicted molar refractivity (Wildman–Crippen MR) is 229 cm³/mol. The number of hydrogen-bond donors (Lipinski definition) is 1. The molecule has 0 spiro atoms. The number of allylic oxidation sites excluding steroid dienone is 7. The summed E-state index contributed by atoms with van der Waals surface area (Å²) in [7, 11) is 0. The van der Waals surface area contributed by atoms with Gasteiger partial charge in [-0.2, -0.15) is 0 Å². The number of rotatable bonds is 6. The lowest BCUT2D eigenvalue weighted by Gasteiger charge is -2.32. The monoisotopic (exact) mass is 722 g/mol. The van der Waals surface area contributed by atoms with E-state index in [-0.39, 0.29) is 12.0 Å². The van der Waals surface area contributed by atoms with Crippen molar-refractivity contribution in [3.8, 4) is 11.1 Å². The van der Waals surface area contributed by atoms with Gasteiger partial charge in [0.2, 0.25) is 0 Å². The van der Waals surface area contributed by atoms with Gasteiger partial charge in [-0.25, -0.2) is 0 Å². The van der Waals surface area contributed by atoms with Crippen molar-refractivity contribution in [3.05, 3.63) is 205 Å². The molecule has 2 aliphatic carbocycles. The van der Waals surface area contributed by atoms with Crippen LogP contribution in [0.25, 0.3) is 55.5 Å². The molecule has 2 aliphatic heterocycles. The molecule has 2 atom stereocenters. The van der Waals surface area contributed by atoms with Gasteiger partial charge in [-0.15, -0.1) is 0 Å². The number of fused-ring (bicyclic) bond motifs is 6. The van der Waals surface area contributed by atoms with Crippen LogP contribution in [0.2, 0.25) is 0 Å². The minimum absolute atomic E-state index is 0.113. The maximum Gasteiger partial charge on any atom is 0.0963 e. The van der Waals surface area contributed by atoms with E-state index in [4.69, 9.17) is 9.97 Å². The first kappa shape index (κ1) is 32.4. The summed E-state index contributed by atoms with van der Waals surface area (Å²) in [4.78, 5) is 17.1. The number of nitrogens with zero attached hydrogens (tertiary/aromatic N) is 5. The third kappa shape index (κ3) is 5.44. The van der Waals surface area contributed by atoms with E-state index in [1.807, 2.05) is 30.9 Å². The minimum atomic E-state index is 0.113. The van der Waals surface area contributed by atoms with Crippen molar-refractivity contribution in [2.75, 3.05) is 11.4 Å². The smallest absolute Gasteiger partial charge is 0.0963 e. The Balaban J connectivity index is 0.952. The molecule has 4 aliphatic rings. The molecule has 2 unspecified atom stereocenters. The molecule has 0 bridgehead atoms. The molecular formula is C50H38N6. The number of hydrogen-bond acceptors (Lipinski definition) is 5. The van der Waals surface area contributed by atoms with Gasteiger partial charge in [0.15, 0.2) is 0 Å². The Bertz CT molecular complexity index is 2870. The van der Waals surface area contributed by atoms with E-state index in [0.29, 0.717) is 0 Å². The molecule has 3 aromatic carbocycles. The van der Waals surface area contributed by atoms with E-state index < -0.39 is 0 Å². The predicted octanol–water partition coefficient (Wildman–Crippen LogP) is 10.8. The highest BCUT2D eigenvalue weighted by molar-refractivity contribution is 6.09. The fraction of sp³-hybridized carbons (Fsp3) is 0.100. The minimum Gasteiger partial charge on any atom is -0.386 e. The van der Waals surface area contributed by atoms with E-state index in [1.54, 1.807) is 0 Å². The molecule has 4 aromatic heterocycles. The highest BCUT2D eigenvalue weighted by Crippen LogP contribution is 2.48. The summed E-state index contributed by atoms with van der Waals surface area (Å²) in [6.45, 7) is 0.813. The van der Waals surface area contributed by atoms with Gasteiger partial charge in [0.1, 0.15) is 0 Å². The number of pyridine rings is 3. The van der Waals surface area contributed by atoms with Crippen LogP contribution in [0.1, 0.15) is 41.1 Å². The first-order valence-electron chi connectivity index (χ1n) is 19.4. The molecule has 6 heteroatoms. The fourth-order valence-corrected chi connectivity index (χ4v) is 8.97. The Morgan fingerprint density at radius 1 is 0.679 bits per heavy atom. The quantitative estimate of drug-likeness (QED) is 0.185. The van der Waals surface area contributed by atoms with Crippen LogP contribution in [0.3, 0.4) is 0 Å². The van der Waals surface area contributed by atoms with Crippen LogP contribution in [0.5, 0.6) is 0 Å². The number of aromatic nitrogens is 4. The Morgan fingerprint density at radius 2 is 1.50 bits per heavy atom. The van der Waals surface area contributed by atoms with Gasteiger partial charge in [-0.1, -0.05) is 91.0 Å². The topological polar surface area (TPSA) is 58.9 Å². The van der Waals surface area contributed by atoms with Gasteiger partial charge in [-0.3, -0.25) is 15.0 Å². The van der Waals surface area contributed by atoms with Crippen LogP contribution < -0.4 is 10.2 Å². The van der Waals surface area contributed by atoms with Crippen molar-refractivity contribution < 1.29 is 0 Å². The van der Waals surface area contributed by atoms with Crippen LogP contribution in [0, 0.1) is 0 Å². The van der Waals surface area contributed by atoms with Gasteiger partial charge in [0.05, 0.1) is 34.0 Å². The lowest BCUT2D eigenvalue weighted by atomic mass is 9.88. The maximum atomic E-state index is 4.99. The largest absolute Gasteiger partial charge is 0.386 e. The Kier molecular flexibility index (Phi) is 7.73. The van der Waals surface area contributed by atoms with E-state index >= 15 is 0 Å². The molecule has 268 valence electrons. The second-order valence-electron chi connectivity index (χ2n) is 14.9. The van der Waals surface area contributed by atoms with Crippen LogP contribution >= 0.6 is 0 Å². The van der Waals surface area contributed by atoms with Gasteiger partial charge in [0.25, 0.3) is 0 Å². The molecular weight excluding hydrogens is 685 g/mol. The highest BCUT2D eigenvalue weighted by Gasteiger charge is 2.40. The van der Waals surface area contributed by atoms with Gasteiger partial charge < -0.3 is 14.8 Å². The van der Waals surface area contributed by atoms with Gasteiger partial charge in [0, 0.05) is 71.4 Å². The van der Waals surface area contributed by atoms with E-state index in [1.165, 1.54) is 50.3 Å². The normalized spacial score (nSPS) is 18.7. The third-order valence-corrected chi connectivity index (χ3v) is 11.6. The summed E-state index contributed by atoms with van der Waals surface area (Å²) in [5, 5.41) is 4.67. The molecule has 11 rings (SSSR count). The second-order valence-corrected chi connectivity index (χ2v) is 14.9. The van der Waals surface area contributed by atoms with Crippen molar-refractivity contribution in [2.45, 2.75) is 24.8 Å². The van der Waals surface area contributed by atoms with Crippen LogP contribution in [-0.4, -0.2) is 32.1 Å². The molecule has 1 N–H and O–H groups in total. The van der Waals surface area contributed by atoms with Gasteiger partial charge in [-0.05, 0) is 101 Å². The average molecular weight is 723 g/mol. The average Bonchev–Trinajstić information content (AvgIpc) is 3.79. The summed E-state index contributed by atoms with van der Waals surface area (Å²) in [6.07, 6.45) is 25.9. The summed E-state index contributed by atoms with van der Waals surface area (Å²) >= 11 is 0. The lowest BCUT2D eigenvalue weighted by molar-refractivity contribution is 0.717. The number of nitrogens with one attached hydrogen (secondary N) is 1. The molecule has 0 saturated heterocycles. The van der Waals surface area contributed by atoms with Gasteiger partial charge >= 0.3 is 0 Å². The second kappa shape index (κ2) is 13.4. The summed E-state index contributed by atoms with van der Waals surface area (Å²) in [5.41, 5.74) is 17.5. The SMILES string of the molecule is C1=CC2C(C=C1c1cncc(-c3ccccc3)c1)c1ncccc1N2C1=CCCC(n2c3ccc(C4=CNCC(c5ccccc5)=C4)cc3c3ncccc32)=C1. The molecule has 56 heavy (non-hydrogen) atoms. The van der Waals surface area contributed by atoms with E-state index in [0.717, 1.165) is 58.3 Å². The molecule has 6 heterocycles. The number of benzene rings is 3. The zero-order valence-electron chi connectivity index (χ0n) is 30.8. The van der Waals surface area contributed by atoms with E-state index in [2.05, 4.69) is 166 Å². The van der Waals surface area contributed by atoms with Crippen molar-refractivity contribution in [1.29, 1.82) is 0 Å². The molecule has 0 radical (unpaired) electrons. The highest BCUT2D eigenvalue weighted by atomic mass is 15.2. The third-order valence-electron chi connectivity index (χ3n) is 11.6. The molecule has 0 saturated carbocycles. The molecule has 7 aromatic rings. The van der Waals surface area contributed by atoms with Crippen molar-refractivity contribution in [2.24, 2.45) is 0 Å². The van der Waals surface area contributed by atoms with Crippen molar-refractivity contribution in [1.82, 2.24) is 24.8 Å². The fourth-order valence-electron chi connectivity index (χ4n) is 8.97. The van der Waals surface area contributed by atoms with Crippen molar-refractivity contribution in [3.63, 3.8) is 0 Å². The molecule has 0 amide bonds. The summed E-state index contributed by atoms with van der Waals surface area (Å²) in [5.74, 6) is 0.113. The Hall–Kier alpha value is -7.05. The summed E-state index contributed by atoms with van der Waals surface area (Å²) in [6, 6.07) is 38.8. The van der Waals surface area contributed by atoms with Crippen LogP contribution in [0.15, 0.2) is 182 Å². The molecule has 0 fully saturated rings. The van der Waals surface area contributed by atoms with Crippen LogP contribution in [-0.2, 0) is 0 Å². The van der Waals surface area contributed by atoms with E-state index in [9.17, 15) is 0 Å². The number of anilines is 1. The first-order valence-corrected chi connectivity index (χ1v) is 19.4. The maximum absolute atomic E-state index is 4.99.